The first-order chi connectivity index (χ1) is 15.5. The van der Waals surface area contributed by atoms with Crippen molar-refractivity contribution in [1.29, 1.82) is 5.26 Å². The molecule has 1 amide bonds. The standard InChI is InChI=1S/C23H17Cl2N5OS/c24-14-3-4-15(17(25)10-14)19-16(11-26)20(32-21(19)22-28-7-8-29-22)13-5-6-27-18(9-13)30-23(31)12-1-2-12/h3-6,9-10,12H,1-2,7-8H2,(H,28,29)(H,27,30,31). The number of hydrogen-bond acceptors (Lipinski definition) is 6. The van der Waals surface area contributed by atoms with Crippen LogP contribution in [0.2, 0.25) is 10.0 Å². The minimum atomic E-state index is -0.0137. The summed E-state index contributed by atoms with van der Waals surface area (Å²) in [6.07, 6.45) is 3.47. The molecule has 0 saturated heterocycles. The topological polar surface area (TPSA) is 90.2 Å². The lowest BCUT2D eigenvalue weighted by atomic mass is 9.98. The van der Waals surface area contributed by atoms with Crippen molar-refractivity contribution in [2.45, 2.75) is 12.8 Å². The van der Waals surface area contributed by atoms with E-state index in [2.05, 4.69) is 26.7 Å². The Kier molecular flexibility index (Phi) is 5.60. The van der Waals surface area contributed by atoms with Crippen molar-refractivity contribution in [3.05, 3.63) is 57.0 Å². The molecule has 160 valence electrons. The van der Waals surface area contributed by atoms with E-state index in [1.807, 2.05) is 12.1 Å². The van der Waals surface area contributed by atoms with Gasteiger partial charge in [0.05, 0.1) is 21.9 Å². The Balaban J connectivity index is 1.65. The Hall–Kier alpha value is -2.92. The number of pyridine rings is 1. The Morgan fingerprint density at radius 2 is 2.06 bits per heavy atom. The van der Waals surface area contributed by atoms with E-state index in [9.17, 15) is 10.1 Å². The average Bonchev–Trinajstić information content (AvgIpc) is 3.36. The lowest BCUT2D eigenvalue weighted by molar-refractivity contribution is -0.117. The van der Waals surface area contributed by atoms with E-state index in [1.165, 1.54) is 11.3 Å². The van der Waals surface area contributed by atoms with Gasteiger partial charge in [0.1, 0.15) is 17.7 Å². The normalized spacial score (nSPS) is 15.1. The van der Waals surface area contributed by atoms with E-state index < -0.39 is 0 Å². The molecule has 1 aromatic carbocycles. The first kappa shape index (κ1) is 21.0. The molecular weight excluding hydrogens is 465 g/mol. The maximum Gasteiger partial charge on any atom is 0.228 e. The number of aromatic nitrogens is 1. The number of halogens is 2. The molecule has 1 aliphatic carbocycles. The van der Waals surface area contributed by atoms with Gasteiger partial charge in [0, 0.05) is 39.8 Å². The van der Waals surface area contributed by atoms with Gasteiger partial charge in [0.25, 0.3) is 0 Å². The molecule has 0 unspecified atom stereocenters. The molecule has 0 bridgehead atoms. The number of benzene rings is 1. The van der Waals surface area contributed by atoms with Crippen LogP contribution >= 0.6 is 34.5 Å². The van der Waals surface area contributed by atoms with Gasteiger partial charge in [-0.2, -0.15) is 5.26 Å². The van der Waals surface area contributed by atoms with Gasteiger partial charge in [-0.1, -0.05) is 29.3 Å². The number of hydrogen-bond donors (Lipinski definition) is 2. The number of amidine groups is 1. The highest BCUT2D eigenvalue weighted by atomic mass is 35.5. The van der Waals surface area contributed by atoms with E-state index >= 15 is 0 Å². The van der Waals surface area contributed by atoms with Crippen LogP contribution in [0.25, 0.3) is 21.6 Å². The van der Waals surface area contributed by atoms with E-state index in [0.717, 1.165) is 51.7 Å². The molecule has 1 aliphatic heterocycles. The van der Waals surface area contributed by atoms with Crippen LogP contribution in [0.4, 0.5) is 5.82 Å². The van der Waals surface area contributed by atoms with E-state index in [0.29, 0.717) is 28.0 Å². The molecule has 5 rings (SSSR count). The molecule has 2 aromatic heterocycles. The molecule has 6 nitrogen and oxygen atoms in total. The van der Waals surface area contributed by atoms with E-state index in [-0.39, 0.29) is 11.8 Å². The van der Waals surface area contributed by atoms with Crippen molar-refractivity contribution in [3.8, 4) is 27.6 Å². The number of thiophene rings is 1. The fourth-order valence-corrected chi connectivity index (χ4v) is 5.37. The second kappa shape index (κ2) is 8.55. The zero-order valence-corrected chi connectivity index (χ0v) is 19.1. The third-order valence-electron chi connectivity index (χ3n) is 5.33. The molecule has 1 saturated carbocycles. The molecule has 3 aromatic rings. The second-order valence-electron chi connectivity index (χ2n) is 7.60. The van der Waals surface area contributed by atoms with Crippen LogP contribution < -0.4 is 10.6 Å². The Labute approximate surface area is 198 Å². The summed E-state index contributed by atoms with van der Waals surface area (Å²) in [6.45, 7) is 1.41. The summed E-state index contributed by atoms with van der Waals surface area (Å²) in [6, 6.07) is 11.2. The lowest BCUT2D eigenvalue weighted by Crippen LogP contribution is -2.19. The summed E-state index contributed by atoms with van der Waals surface area (Å²) in [5.74, 6) is 1.28. The van der Waals surface area contributed by atoms with Crippen molar-refractivity contribution in [3.63, 3.8) is 0 Å². The minimum absolute atomic E-state index is 0.0137. The van der Waals surface area contributed by atoms with Crippen LogP contribution in [0.5, 0.6) is 0 Å². The molecule has 2 aliphatic rings. The highest BCUT2D eigenvalue weighted by Crippen LogP contribution is 2.45. The first-order valence-electron chi connectivity index (χ1n) is 10.1. The van der Waals surface area contributed by atoms with E-state index in [4.69, 9.17) is 23.2 Å². The Morgan fingerprint density at radius 3 is 2.75 bits per heavy atom. The van der Waals surface area contributed by atoms with Gasteiger partial charge < -0.3 is 10.6 Å². The van der Waals surface area contributed by atoms with Gasteiger partial charge in [-0.15, -0.1) is 11.3 Å². The third-order valence-corrected chi connectivity index (χ3v) is 7.12. The highest BCUT2D eigenvalue weighted by Gasteiger charge is 2.30. The second-order valence-corrected chi connectivity index (χ2v) is 9.46. The van der Waals surface area contributed by atoms with Crippen LogP contribution in [0, 0.1) is 17.2 Å². The summed E-state index contributed by atoms with van der Waals surface area (Å²) < 4.78 is 0. The van der Waals surface area contributed by atoms with Crippen LogP contribution in [-0.2, 0) is 4.79 Å². The molecule has 32 heavy (non-hydrogen) atoms. The number of carbonyl (C=O) groups is 1. The number of amides is 1. The molecule has 0 atom stereocenters. The quantitative estimate of drug-likeness (QED) is 0.513. The van der Waals surface area contributed by atoms with Gasteiger partial charge in [0.2, 0.25) is 5.91 Å². The smallest absolute Gasteiger partial charge is 0.228 e. The van der Waals surface area contributed by atoms with Crippen LogP contribution in [0.1, 0.15) is 23.3 Å². The fraction of sp³-hybridized carbons (Fsp3) is 0.217. The van der Waals surface area contributed by atoms with Crippen LogP contribution in [-0.4, -0.2) is 29.8 Å². The maximum atomic E-state index is 12.2. The zero-order chi connectivity index (χ0) is 22.2. The molecule has 0 radical (unpaired) electrons. The van der Waals surface area contributed by atoms with Gasteiger partial charge in [0.15, 0.2) is 0 Å². The third kappa shape index (κ3) is 3.97. The Bertz CT molecular complexity index is 1310. The number of nitrogens with one attached hydrogen (secondary N) is 2. The lowest BCUT2D eigenvalue weighted by Gasteiger charge is -2.08. The molecule has 3 heterocycles. The number of carbonyl (C=O) groups excluding carboxylic acids is 1. The molecule has 0 spiro atoms. The number of aliphatic imine (C=N–C) groups is 1. The summed E-state index contributed by atoms with van der Waals surface area (Å²) in [4.78, 5) is 22.6. The van der Waals surface area contributed by atoms with Crippen molar-refractivity contribution in [1.82, 2.24) is 10.3 Å². The highest BCUT2D eigenvalue weighted by molar-refractivity contribution is 7.18. The van der Waals surface area contributed by atoms with Gasteiger partial charge in [-0.3, -0.25) is 9.79 Å². The largest absolute Gasteiger partial charge is 0.367 e. The molecular formula is C23H17Cl2N5OS. The van der Waals surface area contributed by atoms with Crippen molar-refractivity contribution < 1.29 is 4.79 Å². The minimum Gasteiger partial charge on any atom is -0.367 e. The SMILES string of the molecule is N#Cc1c(-c2ccnc(NC(=O)C3CC3)c2)sc(C2=NCCN2)c1-c1ccc(Cl)cc1Cl. The zero-order valence-electron chi connectivity index (χ0n) is 16.8. The fourth-order valence-electron chi connectivity index (χ4n) is 3.62. The van der Waals surface area contributed by atoms with E-state index in [1.54, 1.807) is 24.4 Å². The van der Waals surface area contributed by atoms with Crippen LogP contribution in [0.15, 0.2) is 41.5 Å². The predicted octanol–water partition coefficient (Wildman–Crippen LogP) is 5.35. The van der Waals surface area contributed by atoms with Gasteiger partial charge in [-0.05, 0) is 42.7 Å². The molecule has 1 fully saturated rings. The summed E-state index contributed by atoms with van der Waals surface area (Å²) >= 11 is 14.1. The maximum absolute atomic E-state index is 12.2. The number of anilines is 1. The first-order valence-corrected chi connectivity index (χ1v) is 11.7. The monoisotopic (exact) mass is 481 g/mol. The summed E-state index contributed by atoms with van der Waals surface area (Å²) in [7, 11) is 0. The van der Waals surface area contributed by atoms with Gasteiger partial charge in [-0.25, -0.2) is 4.98 Å². The van der Waals surface area contributed by atoms with Gasteiger partial charge >= 0.3 is 0 Å². The van der Waals surface area contributed by atoms with Crippen molar-refractivity contribution in [2.24, 2.45) is 10.9 Å². The summed E-state index contributed by atoms with van der Waals surface area (Å²) in [5.41, 5.74) is 2.74. The summed E-state index contributed by atoms with van der Waals surface area (Å²) in [5, 5.41) is 17.3. The molecule has 2 N–H and O–H groups in total. The number of nitrogens with zero attached hydrogens (tertiary/aromatic N) is 3. The van der Waals surface area contributed by atoms with Crippen LogP contribution in [0.3, 0.4) is 0 Å². The number of nitriles is 1. The van der Waals surface area contributed by atoms with Crippen molar-refractivity contribution >= 4 is 52.1 Å². The predicted molar refractivity (Wildman–Crippen MR) is 128 cm³/mol. The Morgan fingerprint density at radius 1 is 1.22 bits per heavy atom. The average molecular weight is 482 g/mol. The molecule has 9 heteroatoms. The number of rotatable bonds is 5. The van der Waals surface area contributed by atoms with Crippen molar-refractivity contribution in [2.75, 3.05) is 18.4 Å².